The lowest BCUT2D eigenvalue weighted by Gasteiger charge is -2.08. The highest BCUT2D eigenvalue weighted by molar-refractivity contribution is 9.10. The molecule has 0 saturated heterocycles. The minimum absolute atomic E-state index is 0.673. The third kappa shape index (κ3) is 1.98. The standard InChI is InChI=1S/C15H14BrN3O/c1-10-14(16)13(18(2)17-10)8-19-7-6-11-4-3-5-12(9-20)15(11)19/h3-7,9H,8H2,1-2H3. The molecule has 0 spiro atoms. The molecule has 0 N–H and O–H groups in total. The zero-order valence-corrected chi connectivity index (χ0v) is 12.9. The number of hydrogen-bond acceptors (Lipinski definition) is 2. The molecule has 4 nitrogen and oxygen atoms in total. The van der Waals surface area contributed by atoms with Crippen molar-refractivity contribution in [2.45, 2.75) is 13.5 Å². The Bertz CT molecular complexity index is 801. The summed E-state index contributed by atoms with van der Waals surface area (Å²) >= 11 is 3.58. The van der Waals surface area contributed by atoms with Gasteiger partial charge >= 0.3 is 0 Å². The second kappa shape index (κ2) is 4.90. The van der Waals surface area contributed by atoms with Crippen LogP contribution in [0.15, 0.2) is 34.9 Å². The molecule has 0 unspecified atom stereocenters. The van der Waals surface area contributed by atoms with E-state index in [2.05, 4.69) is 25.6 Å². The van der Waals surface area contributed by atoms with Gasteiger partial charge in [0.2, 0.25) is 0 Å². The number of aldehydes is 1. The number of nitrogens with zero attached hydrogens (tertiary/aromatic N) is 3. The number of carbonyl (C=O) groups is 1. The van der Waals surface area contributed by atoms with Crippen LogP contribution in [-0.4, -0.2) is 20.6 Å². The first-order valence-corrected chi connectivity index (χ1v) is 7.12. The third-order valence-corrected chi connectivity index (χ3v) is 4.56. The Morgan fingerprint density at radius 2 is 2.15 bits per heavy atom. The van der Waals surface area contributed by atoms with Crippen molar-refractivity contribution in [2.75, 3.05) is 0 Å². The van der Waals surface area contributed by atoms with Crippen LogP contribution in [-0.2, 0) is 13.6 Å². The van der Waals surface area contributed by atoms with E-state index in [9.17, 15) is 4.79 Å². The van der Waals surface area contributed by atoms with E-state index in [4.69, 9.17) is 0 Å². The zero-order valence-electron chi connectivity index (χ0n) is 11.3. The van der Waals surface area contributed by atoms with E-state index in [1.54, 1.807) is 0 Å². The van der Waals surface area contributed by atoms with E-state index >= 15 is 0 Å². The van der Waals surface area contributed by atoms with Gasteiger partial charge in [0, 0.05) is 24.2 Å². The van der Waals surface area contributed by atoms with Gasteiger partial charge in [-0.3, -0.25) is 9.48 Å². The number of carbonyl (C=O) groups excluding carboxylic acids is 1. The molecule has 0 aliphatic heterocycles. The summed E-state index contributed by atoms with van der Waals surface area (Å²) in [7, 11) is 1.93. The molecule has 20 heavy (non-hydrogen) atoms. The van der Waals surface area contributed by atoms with Crippen LogP contribution >= 0.6 is 15.9 Å². The minimum atomic E-state index is 0.673. The van der Waals surface area contributed by atoms with Gasteiger partial charge in [-0.05, 0) is 35.0 Å². The van der Waals surface area contributed by atoms with Crippen LogP contribution < -0.4 is 0 Å². The topological polar surface area (TPSA) is 39.8 Å². The van der Waals surface area contributed by atoms with Crippen LogP contribution in [0.3, 0.4) is 0 Å². The Balaban J connectivity index is 2.14. The molecule has 5 heteroatoms. The number of rotatable bonds is 3. The van der Waals surface area contributed by atoms with Crippen LogP contribution in [0.2, 0.25) is 0 Å². The quantitative estimate of drug-likeness (QED) is 0.691. The Kier molecular flexibility index (Phi) is 3.22. The maximum absolute atomic E-state index is 11.2. The molecule has 1 aromatic carbocycles. The first-order chi connectivity index (χ1) is 9.61. The van der Waals surface area contributed by atoms with Gasteiger partial charge in [-0.2, -0.15) is 5.10 Å². The van der Waals surface area contributed by atoms with E-state index in [1.165, 1.54) is 0 Å². The summed E-state index contributed by atoms with van der Waals surface area (Å²) in [5, 5.41) is 5.47. The fourth-order valence-corrected chi connectivity index (χ4v) is 2.99. The fraction of sp³-hybridized carbons (Fsp3) is 0.200. The summed E-state index contributed by atoms with van der Waals surface area (Å²) in [4.78, 5) is 11.2. The average Bonchev–Trinajstić information content (AvgIpc) is 2.96. The monoisotopic (exact) mass is 331 g/mol. The summed E-state index contributed by atoms with van der Waals surface area (Å²) in [5.41, 5.74) is 3.73. The zero-order chi connectivity index (χ0) is 14.3. The van der Waals surface area contributed by atoms with Crippen LogP contribution in [0.25, 0.3) is 10.9 Å². The van der Waals surface area contributed by atoms with Crippen LogP contribution in [0.5, 0.6) is 0 Å². The van der Waals surface area contributed by atoms with Gasteiger partial charge in [-0.1, -0.05) is 12.1 Å². The summed E-state index contributed by atoms with van der Waals surface area (Å²) in [6.07, 6.45) is 2.91. The van der Waals surface area contributed by atoms with E-state index < -0.39 is 0 Å². The molecule has 0 aliphatic rings. The van der Waals surface area contributed by atoms with E-state index in [0.29, 0.717) is 12.1 Å². The Labute approximate surface area is 125 Å². The molecule has 2 aromatic heterocycles. The van der Waals surface area contributed by atoms with Gasteiger partial charge in [0.25, 0.3) is 0 Å². The summed E-state index contributed by atoms with van der Waals surface area (Å²) in [6.45, 7) is 2.64. The maximum atomic E-state index is 11.2. The second-order valence-electron chi connectivity index (χ2n) is 4.82. The molecule has 0 bridgehead atoms. The predicted molar refractivity (Wildman–Crippen MR) is 82.1 cm³/mol. The van der Waals surface area contributed by atoms with Crippen LogP contribution in [0.1, 0.15) is 21.7 Å². The van der Waals surface area contributed by atoms with Crippen molar-refractivity contribution in [3.63, 3.8) is 0 Å². The first kappa shape index (κ1) is 13.1. The highest BCUT2D eigenvalue weighted by Gasteiger charge is 2.13. The van der Waals surface area contributed by atoms with Crippen molar-refractivity contribution in [1.29, 1.82) is 0 Å². The van der Waals surface area contributed by atoms with Crippen molar-refractivity contribution in [3.05, 3.63) is 51.9 Å². The molecular weight excluding hydrogens is 318 g/mol. The van der Waals surface area contributed by atoms with Crippen LogP contribution in [0.4, 0.5) is 0 Å². The van der Waals surface area contributed by atoms with Crippen LogP contribution in [0, 0.1) is 6.92 Å². The Hall–Kier alpha value is -1.88. The number of aromatic nitrogens is 3. The van der Waals surface area contributed by atoms with Gasteiger partial charge in [-0.25, -0.2) is 0 Å². The van der Waals surface area contributed by atoms with Gasteiger partial charge in [0.15, 0.2) is 6.29 Å². The fourth-order valence-electron chi connectivity index (χ4n) is 2.53. The third-order valence-electron chi connectivity index (χ3n) is 3.53. The molecule has 0 saturated carbocycles. The summed E-state index contributed by atoms with van der Waals surface area (Å²) in [6, 6.07) is 7.79. The predicted octanol–water partition coefficient (Wildman–Crippen LogP) is 3.31. The van der Waals surface area contributed by atoms with E-state index in [1.807, 2.05) is 49.1 Å². The molecule has 0 radical (unpaired) electrons. The number of hydrogen-bond donors (Lipinski definition) is 0. The van der Waals surface area contributed by atoms with Crippen molar-refractivity contribution in [3.8, 4) is 0 Å². The SMILES string of the molecule is Cc1nn(C)c(Cn2ccc3cccc(C=O)c32)c1Br. The van der Waals surface area contributed by atoms with Gasteiger partial charge < -0.3 is 4.57 Å². The first-order valence-electron chi connectivity index (χ1n) is 6.33. The highest BCUT2D eigenvalue weighted by atomic mass is 79.9. The lowest BCUT2D eigenvalue weighted by atomic mass is 10.1. The second-order valence-corrected chi connectivity index (χ2v) is 5.61. The number of fused-ring (bicyclic) bond motifs is 1. The molecule has 2 heterocycles. The smallest absolute Gasteiger partial charge is 0.152 e. The Morgan fingerprint density at radius 1 is 1.35 bits per heavy atom. The lowest BCUT2D eigenvalue weighted by molar-refractivity contribution is 0.112. The normalized spacial score (nSPS) is 11.2. The Morgan fingerprint density at radius 3 is 2.80 bits per heavy atom. The molecule has 102 valence electrons. The van der Waals surface area contributed by atoms with E-state index in [0.717, 1.165) is 33.0 Å². The van der Waals surface area contributed by atoms with Gasteiger partial charge in [0.05, 0.1) is 27.9 Å². The van der Waals surface area contributed by atoms with Crippen molar-refractivity contribution < 1.29 is 4.79 Å². The number of aryl methyl sites for hydroxylation is 2. The molecular formula is C15H14BrN3O. The van der Waals surface area contributed by atoms with Gasteiger partial charge in [0.1, 0.15) is 0 Å². The number of halogens is 1. The van der Waals surface area contributed by atoms with Crippen molar-refractivity contribution in [2.24, 2.45) is 7.05 Å². The molecule has 0 amide bonds. The van der Waals surface area contributed by atoms with Gasteiger partial charge in [-0.15, -0.1) is 0 Å². The largest absolute Gasteiger partial charge is 0.341 e. The highest BCUT2D eigenvalue weighted by Crippen LogP contribution is 2.24. The summed E-state index contributed by atoms with van der Waals surface area (Å²) < 4.78 is 4.97. The summed E-state index contributed by atoms with van der Waals surface area (Å²) in [5.74, 6) is 0. The number of benzene rings is 1. The van der Waals surface area contributed by atoms with Crippen molar-refractivity contribution >= 4 is 33.1 Å². The molecule has 3 rings (SSSR count). The van der Waals surface area contributed by atoms with E-state index in [-0.39, 0.29) is 0 Å². The molecule has 0 atom stereocenters. The molecule has 0 fully saturated rings. The lowest BCUT2D eigenvalue weighted by Crippen LogP contribution is -2.06. The number of para-hydroxylation sites is 1. The molecule has 3 aromatic rings. The minimum Gasteiger partial charge on any atom is -0.341 e. The molecule has 0 aliphatic carbocycles. The average molecular weight is 332 g/mol. The van der Waals surface area contributed by atoms with Crippen molar-refractivity contribution in [1.82, 2.24) is 14.3 Å². The maximum Gasteiger partial charge on any atom is 0.152 e.